The van der Waals surface area contributed by atoms with Crippen LogP contribution in [0.2, 0.25) is 30.1 Å². The second-order valence-electron chi connectivity index (χ2n) is 29.3. The Morgan fingerprint density at radius 1 is 0.419 bits per heavy atom. The van der Waals surface area contributed by atoms with Gasteiger partial charge in [0.1, 0.15) is 0 Å². The molecule has 27 nitrogen and oxygen atoms in total. The number of nitrogens with one attached hydrogen (secondary N) is 6. The van der Waals surface area contributed by atoms with Crippen molar-refractivity contribution in [3.05, 3.63) is 189 Å². The van der Waals surface area contributed by atoms with Gasteiger partial charge in [0.05, 0.1) is 107 Å². The van der Waals surface area contributed by atoms with Crippen molar-refractivity contribution in [2.24, 2.45) is 0 Å². The molecule has 3 aliphatic heterocycles. The van der Waals surface area contributed by atoms with E-state index in [1.165, 1.54) is 0 Å². The van der Waals surface area contributed by atoms with E-state index in [0.717, 1.165) is 63.2 Å². The third kappa shape index (κ3) is 30.2. The van der Waals surface area contributed by atoms with E-state index >= 15 is 0 Å². The van der Waals surface area contributed by atoms with Crippen LogP contribution in [-0.2, 0) is 79.5 Å². The molecule has 3 aliphatic rings. The predicted octanol–water partition coefficient (Wildman–Crippen LogP) is 10.4. The number of likely N-dealkylation sites (N-methyl/N-ethyl adjacent to an activating group) is 3. The van der Waals surface area contributed by atoms with Gasteiger partial charge in [-0.2, -0.15) is 0 Å². The summed E-state index contributed by atoms with van der Waals surface area (Å²) in [6.07, 6.45) is 1.95. The Labute approximate surface area is 722 Å². The Morgan fingerprint density at radius 3 is 1.07 bits per heavy atom. The topological polar surface area (TPSA) is 293 Å². The van der Waals surface area contributed by atoms with Gasteiger partial charge in [0.2, 0.25) is 20.0 Å². The first kappa shape index (κ1) is 95.4. The molecule has 0 saturated heterocycles. The number of nitrogens with zero attached hydrogens (tertiary/aromatic N) is 7. The minimum atomic E-state index is -3.85. The van der Waals surface area contributed by atoms with Crippen LogP contribution in [0.15, 0.2) is 124 Å². The minimum Gasteiger partial charge on any atom is -0.593 e. The van der Waals surface area contributed by atoms with Gasteiger partial charge >= 0.3 is 18.1 Å². The lowest BCUT2D eigenvalue weighted by Gasteiger charge is -2.33. The number of carbonyl (C=O) groups excluding carboxylic acids is 3. The normalized spacial score (nSPS) is 16.2. The monoisotopic (exact) mass is 1800 g/mol. The third-order valence-corrected chi connectivity index (χ3v) is 26.0. The highest BCUT2D eigenvalue weighted by atomic mass is 35.5. The van der Waals surface area contributed by atoms with Crippen LogP contribution in [0.1, 0.15) is 87.1 Å². The molecular formula is C81H111Cl6N13O14S3. The summed E-state index contributed by atoms with van der Waals surface area (Å²) in [6.45, 7) is 11.6. The van der Waals surface area contributed by atoms with E-state index in [1.807, 2.05) is 68.7 Å². The van der Waals surface area contributed by atoms with Crippen LogP contribution in [-0.4, -0.2) is 294 Å². The number of sulfonamides is 2. The molecule has 117 heavy (non-hydrogen) atoms. The van der Waals surface area contributed by atoms with Gasteiger partial charge in [-0.25, -0.2) is 40.7 Å². The first-order chi connectivity index (χ1) is 56.1. The first-order valence-electron chi connectivity index (χ1n) is 39.2. The van der Waals surface area contributed by atoms with Crippen molar-refractivity contribution in [2.45, 2.75) is 71.3 Å². The quantitative estimate of drug-likeness (QED) is 0.0153. The number of hydrogen-bond donors (Lipinski definition) is 6. The highest BCUT2D eigenvalue weighted by Gasteiger charge is 2.32. The molecule has 6 aromatic rings. The van der Waals surface area contributed by atoms with Gasteiger partial charge in [-0.3, -0.25) is 0 Å². The Bertz CT molecular complexity index is 4250. The second-order valence-corrected chi connectivity index (χ2v) is 36.7. The average molecular weight is 1800 g/mol. The Morgan fingerprint density at radius 2 is 0.726 bits per heavy atom. The van der Waals surface area contributed by atoms with Crippen molar-refractivity contribution < 1.29 is 64.2 Å². The van der Waals surface area contributed by atoms with Crippen molar-refractivity contribution >= 4 is 119 Å². The SMILES string of the molecule is CN1Cc2c(Cl)cc(Cl)cc2[C@H](c2cccc([S+]([O-])NCCOCCOCCNC(=O)N(C)CCCN(CCCN(C)C(=O)NCCOCCOCCNS(=O)(=O)c3cccc([C@@H]4CN(C)Cc5c(Cl)cc(Cl)cc54)c3)CCCN(C)C(=O)NCCOCCOCCNS(=O)(=O)c3cccc([C@@H]4CN(C)Cc5c(Cl)cc(Cl)cc54)c3)c2)C1. The summed E-state index contributed by atoms with van der Waals surface area (Å²) in [5, 5.41) is 12.1. The van der Waals surface area contributed by atoms with Gasteiger partial charge in [-0.15, -0.1) is 4.72 Å². The minimum absolute atomic E-state index is 0.0206. The molecule has 0 aliphatic carbocycles. The van der Waals surface area contributed by atoms with Crippen molar-refractivity contribution in [3.8, 4) is 0 Å². The number of ether oxygens (including phenoxy) is 6. The number of rotatable bonds is 48. The maximum absolute atomic E-state index is 13.4. The molecule has 9 rings (SSSR count). The van der Waals surface area contributed by atoms with Gasteiger partial charge in [0.25, 0.3) is 0 Å². The maximum Gasteiger partial charge on any atom is 0.317 e. The van der Waals surface area contributed by atoms with E-state index in [2.05, 4.69) is 56.8 Å². The molecule has 0 fully saturated rings. The highest BCUT2D eigenvalue weighted by Crippen LogP contribution is 2.42. The summed E-state index contributed by atoms with van der Waals surface area (Å²) in [5.74, 6) is -0.221. The predicted molar refractivity (Wildman–Crippen MR) is 461 cm³/mol. The van der Waals surface area contributed by atoms with Crippen LogP contribution in [0.5, 0.6) is 0 Å². The van der Waals surface area contributed by atoms with Gasteiger partial charge in [-0.1, -0.05) is 106 Å². The van der Waals surface area contributed by atoms with Crippen LogP contribution >= 0.6 is 69.6 Å². The Kier molecular flexibility index (Phi) is 39.5. The van der Waals surface area contributed by atoms with Crippen molar-refractivity contribution in [1.29, 1.82) is 0 Å². The molecule has 6 amide bonds. The molecule has 0 spiro atoms. The van der Waals surface area contributed by atoms with Crippen molar-refractivity contribution in [3.63, 3.8) is 0 Å². The van der Waals surface area contributed by atoms with Gasteiger partial charge in [-0.05, 0) is 183 Å². The summed E-state index contributed by atoms with van der Waals surface area (Å²) in [4.78, 5) is 54.0. The zero-order valence-electron chi connectivity index (χ0n) is 67.3. The molecule has 3 heterocycles. The lowest BCUT2D eigenvalue weighted by molar-refractivity contribution is 0.0513. The Hall–Kier alpha value is -5.44. The lowest BCUT2D eigenvalue weighted by Crippen LogP contribution is -2.42. The molecule has 36 heteroatoms. The fraction of sp³-hybridized carbons (Fsp3) is 0.519. The van der Waals surface area contributed by atoms with E-state index in [-0.39, 0.29) is 131 Å². The van der Waals surface area contributed by atoms with E-state index in [0.29, 0.717) is 153 Å². The van der Waals surface area contributed by atoms with Crippen LogP contribution in [0, 0.1) is 0 Å². The molecule has 0 bridgehead atoms. The van der Waals surface area contributed by atoms with Crippen molar-refractivity contribution in [2.75, 3.05) is 220 Å². The van der Waals surface area contributed by atoms with Crippen LogP contribution < -0.4 is 30.1 Å². The van der Waals surface area contributed by atoms with Gasteiger partial charge in [0.15, 0.2) is 4.90 Å². The Balaban J connectivity index is 0.633. The number of fused-ring (bicyclic) bond motifs is 3. The number of carbonyl (C=O) groups is 3. The molecule has 0 radical (unpaired) electrons. The average Bonchev–Trinajstić information content (AvgIpc) is 0.783. The summed E-state index contributed by atoms with van der Waals surface area (Å²) in [7, 11) is 3.53. The number of hydrogen-bond acceptors (Lipinski definition) is 19. The summed E-state index contributed by atoms with van der Waals surface area (Å²) >= 11 is 37.5. The van der Waals surface area contributed by atoms with Crippen LogP contribution in [0.3, 0.4) is 0 Å². The first-order valence-corrected chi connectivity index (χ1v) is 45.6. The number of amides is 6. The number of urea groups is 3. The standard InChI is InChI=1S/C81H111Cl6N13O14S3/c1-94-52-70(67-46-61(82)49-76(85)73(67)55-94)58-13-7-16-64(43-58)115(104)91-22-34-112-40-37-109-31-19-88-79(101)97(4)25-10-28-100(29-11-26-98(5)80(102)89-20-32-110-38-41-113-35-23-92-116(105,106)65-17-8-14-59(44-65)71-53-95(2)56-74-68(71)47-62(83)50-77(74)86)30-12-27-99(6)81(103)90-21-33-111-39-42-114-36-24-93-117(107,108)66-18-9-15-60(45-66)72-54-96(3)57-75-69(72)48-63(84)51-78(75)87/h7-9,13-18,43-51,70-72,91-93H,10-12,19-42,52-57H2,1-6H3,(H,88,101)(H,89,102)(H,90,103)/t70-,71-,72-,115?/m0/s1. The van der Waals surface area contributed by atoms with Gasteiger partial charge in [0, 0.05) is 161 Å². The lowest BCUT2D eigenvalue weighted by atomic mass is 9.85. The van der Waals surface area contributed by atoms with Crippen molar-refractivity contribution in [1.82, 2.24) is 64.4 Å². The molecule has 0 aromatic heterocycles. The van der Waals surface area contributed by atoms with Crippen LogP contribution in [0.25, 0.3) is 0 Å². The van der Waals surface area contributed by atoms with Gasteiger partial charge < -0.3 is 83.2 Å². The number of halogens is 6. The largest absolute Gasteiger partial charge is 0.593 e. The molecule has 4 atom stereocenters. The molecular weight excluding hydrogens is 1690 g/mol. The molecule has 6 aromatic carbocycles. The van der Waals surface area contributed by atoms with E-state index < -0.39 is 31.4 Å². The number of benzene rings is 6. The van der Waals surface area contributed by atoms with E-state index in [1.54, 1.807) is 90.4 Å². The second kappa shape index (κ2) is 48.4. The molecule has 1 unspecified atom stereocenters. The summed E-state index contributed by atoms with van der Waals surface area (Å²) in [6, 6.07) is 31.8. The summed E-state index contributed by atoms with van der Waals surface area (Å²) < 4.78 is 109. The highest BCUT2D eigenvalue weighted by molar-refractivity contribution is 7.90. The zero-order chi connectivity index (χ0) is 84.0. The molecule has 0 saturated carbocycles. The zero-order valence-corrected chi connectivity index (χ0v) is 74.3. The smallest absolute Gasteiger partial charge is 0.317 e. The molecule has 6 N–H and O–H groups in total. The maximum atomic E-state index is 13.4. The summed E-state index contributed by atoms with van der Waals surface area (Å²) in [5.41, 5.74) is 8.75. The fourth-order valence-corrected chi connectivity index (χ4v) is 19.0. The van der Waals surface area contributed by atoms with E-state index in [4.69, 9.17) is 98.0 Å². The third-order valence-electron chi connectivity index (χ3n) is 20.3. The van der Waals surface area contributed by atoms with Crippen LogP contribution in [0.4, 0.5) is 14.4 Å². The van der Waals surface area contributed by atoms with E-state index in [9.17, 15) is 35.8 Å². The fourth-order valence-electron chi connectivity index (χ4n) is 14.3. The molecule has 644 valence electrons.